The average molecular weight is 98.1 g/mol. The second-order valence-electron chi connectivity index (χ2n) is 1.57. The van der Waals surface area contributed by atoms with E-state index in [2.05, 4.69) is 5.92 Å². The van der Waals surface area contributed by atoms with E-state index in [1.54, 1.807) is 0 Å². The molecule has 1 heteroatoms. The van der Waals surface area contributed by atoms with Crippen LogP contribution in [0.3, 0.4) is 0 Å². The molecule has 0 amide bonds. The van der Waals surface area contributed by atoms with Gasteiger partial charge < -0.3 is 5.11 Å². The van der Waals surface area contributed by atoms with Gasteiger partial charge in [0, 0.05) is 5.92 Å². The molecule has 7 heavy (non-hydrogen) atoms. The number of hydrogen-bond donors (Lipinski definition) is 1. The molecular formula is C6H10O. The van der Waals surface area contributed by atoms with Gasteiger partial charge in [0.25, 0.3) is 0 Å². The van der Waals surface area contributed by atoms with Crippen LogP contribution in [0.1, 0.15) is 20.3 Å². The maximum Gasteiger partial charge on any atom is 0.107 e. The molecule has 0 aliphatic carbocycles. The molecule has 0 spiro atoms. The monoisotopic (exact) mass is 98.1 g/mol. The van der Waals surface area contributed by atoms with E-state index in [1.807, 2.05) is 20.0 Å². The van der Waals surface area contributed by atoms with Crippen LogP contribution >= 0.6 is 0 Å². The molecule has 0 aliphatic heterocycles. The Balaban J connectivity index is 3.29. The van der Waals surface area contributed by atoms with E-state index in [-0.39, 0.29) is 0 Å². The van der Waals surface area contributed by atoms with Gasteiger partial charge in [0.1, 0.15) is 6.11 Å². The largest absolute Gasteiger partial charge is 0.462 e. The fourth-order valence-electron chi connectivity index (χ4n) is 0.212. The molecule has 0 bridgehead atoms. The lowest BCUT2D eigenvalue weighted by Crippen LogP contribution is -1.83. The summed E-state index contributed by atoms with van der Waals surface area (Å²) in [5.74, 6) is 2.94. The van der Waals surface area contributed by atoms with Crippen molar-refractivity contribution in [2.45, 2.75) is 20.3 Å². The van der Waals surface area contributed by atoms with Gasteiger partial charge in [0.2, 0.25) is 0 Å². The van der Waals surface area contributed by atoms with E-state index in [4.69, 9.17) is 5.11 Å². The first-order chi connectivity index (χ1) is 3.31. The summed E-state index contributed by atoms with van der Waals surface area (Å²) in [7, 11) is 0. The summed E-state index contributed by atoms with van der Waals surface area (Å²) in [5, 5.41) is 8.01. The highest BCUT2D eigenvalue weighted by Gasteiger charge is 1.87. The minimum atomic E-state index is 0.338. The van der Waals surface area contributed by atoms with Crippen molar-refractivity contribution in [2.75, 3.05) is 0 Å². The van der Waals surface area contributed by atoms with Gasteiger partial charge in [0.05, 0.1) is 0 Å². The molecule has 1 atom stereocenters. The summed E-state index contributed by atoms with van der Waals surface area (Å²) >= 11 is 0. The van der Waals surface area contributed by atoms with Crippen molar-refractivity contribution < 1.29 is 5.11 Å². The fourth-order valence-corrected chi connectivity index (χ4v) is 0.212. The van der Waals surface area contributed by atoms with Gasteiger partial charge in [-0.25, -0.2) is 0 Å². The van der Waals surface area contributed by atoms with Gasteiger partial charge in [0.15, 0.2) is 0 Å². The number of aliphatic hydroxyl groups is 1. The Bertz CT molecular complexity index is 86.1. The molecule has 0 radical (unpaired) electrons. The zero-order valence-electron chi connectivity index (χ0n) is 4.73. The zero-order valence-corrected chi connectivity index (χ0v) is 4.73. The van der Waals surface area contributed by atoms with Crippen molar-refractivity contribution in [3.63, 3.8) is 0 Å². The van der Waals surface area contributed by atoms with Crippen LogP contribution in [0.4, 0.5) is 0 Å². The van der Waals surface area contributed by atoms with E-state index in [9.17, 15) is 0 Å². The van der Waals surface area contributed by atoms with Gasteiger partial charge in [-0.05, 0) is 6.42 Å². The quantitative estimate of drug-likeness (QED) is 0.491. The summed E-state index contributed by atoms with van der Waals surface area (Å²) in [6, 6.07) is 0. The summed E-state index contributed by atoms with van der Waals surface area (Å²) in [6.45, 7) is 4.01. The van der Waals surface area contributed by atoms with E-state index in [0.717, 1.165) is 6.42 Å². The van der Waals surface area contributed by atoms with Gasteiger partial charge in [-0.15, -0.1) is 0 Å². The molecule has 0 heterocycles. The standard InChI is InChI=1S/C6H10O/c1-3-6(2)4-5-7/h6-7H,3H2,1-2H3/t6-/m1/s1. The molecule has 0 aromatic carbocycles. The summed E-state index contributed by atoms with van der Waals surface area (Å²) in [6.07, 6.45) is 2.88. The van der Waals surface area contributed by atoms with Crippen molar-refractivity contribution in [1.29, 1.82) is 0 Å². The Labute approximate surface area is 44.4 Å². The lowest BCUT2D eigenvalue weighted by Gasteiger charge is -1.90. The molecule has 1 N–H and O–H groups in total. The Kier molecular flexibility index (Phi) is 3.22. The van der Waals surface area contributed by atoms with Crippen LogP contribution in [0, 0.1) is 17.9 Å². The normalized spacial score (nSPS) is 11.7. The molecule has 0 aromatic heterocycles. The molecule has 1 nitrogen and oxygen atoms in total. The SMILES string of the molecule is CC[C@@H](C)C#CO. The van der Waals surface area contributed by atoms with Crippen LogP contribution in [-0.2, 0) is 0 Å². The van der Waals surface area contributed by atoms with Crippen LogP contribution in [0.25, 0.3) is 0 Å². The van der Waals surface area contributed by atoms with Crippen molar-refractivity contribution in [2.24, 2.45) is 5.92 Å². The highest BCUT2D eigenvalue weighted by molar-refractivity contribution is 4.93. The first-order valence-electron chi connectivity index (χ1n) is 2.45. The second kappa shape index (κ2) is 3.55. The van der Waals surface area contributed by atoms with Crippen LogP contribution in [0.2, 0.25) is 0 Å². The highest BCUT2D eigenvalue weighted by atomic mass is 16.2. The predicted molar refractivity (Wildman–Crippen MR) is 29.2 cm³/mol. The van der Waals surface area contributed by atoms with E-state index >= 15 is 0 Å². The lowest BCUT2D eigenvalue weighted by atomic mass is 10.1. The molecule has 0 saturated heterocycles. The first kappa shape index (κ1) is 6.36. The average Bonchev–Trinajstić information content (AvgIpc) is 1.68. The third kappa shape index (κ3) is 3.18. The minimum absolute atomic E-state index is 0.338. The molecule has 40 valence electrons. The van der Waals surface area contributed by atoms with Crippen molar-refractivity contribution in [1.82, 2.24) is 0 Å². The molecule has 0 saturated carbocycles. The second-order valence-corrected chi connectivity index (χ2v) is 1.57. The highest BCUT2D eigenvalue weighted by Crippen LogP contribution is 1.95. The lowest BCUT2D eigenvalue weighted by molar-refractivity contribution is 0.513. The number of hydrogen-bond acceptors (Lipinski definition) is 1. The number of rotatable bonds is 1. The van der Waals surface area contributed by atoms with Crippen molar-refractivity contribution in [3.05, 3.63) is 0 Å². The molecule has 0 aromatic rings. The Morgan fingerprint density at radius 3 is 2.43 bits per heavy atom. The summed E-state index contributed by atoms with van der Waals surface area (Å²) in [4.78, 5) is 0. The topological polar surface area (TPSA) is 20.2 Å². The summed E-state index contributed by atoms with van der Waals surface area (Å²) in [5.41, 5.74) is 0. The van der Waals surface area contributed by atoms with Gasteiger partial charge in [-0.1, -0.05) is 19.8 Å². The Morgan fingerprint density at radius 1 is 1.71 bits per heavy atom. The molecule has 0 rings (SSSR count). The molecular weight excluding hydrogens is 88.1 g/mol. The third-order valence-electron chi connectivity index (χ3n) is 0.923. The van der Waals surface area contributed by atoms with Crippen molar-refractivity contribution in [3.8, 4) is 12.0 Å². The third-order valence-corrected chi connectivity index (χ3v) is 0.923. The van der Waals surface area contributed by atoms with Gasteiger partial charge >= 0.3 is 0 Å². The Morgan fingerprint density at radius 2 is 2.29 bits per heavy atom. The Hall–Kier alpha value is -0.640. The maximum atomic E-state index is 8.01. The number of aliphatic hydroxyl groups excluding tert-OH is 1. The van der Waals surface area contributed by atoms with Crippen LogP contribution in [-0.4, -0.2) is 5.11 Å². The van der Waals surface area contributed by atoms with E-state index in [1.165, 1.54) is 0 Å². The van der Waals surface area contributed by atoms with E-state index in [0.29, 0.717) is 5.92 Å². The fraction of sp³-hybridized carbons (Fsp3) is 0.667. The van der Waals surface area contributed by atoms with E-state index < -0.39 is 0 Å². The van der Waals surface area contributed by atoms with Crippen LogP contribution < -0.4 is 0 Å². The summed E-state index contributed by atoms with van der Waals surface area (Å²) < 4.78 is 0. The predicted octanol–water partition coefficient (Wildman–Crippen LogP) is 1.37. The van der Waals surface area contributed by atoms with Crippen LogP contribution in [0.5, 0.6) is 0 Å². The molecule has 0 unspecified atom stereocenters. The maximum absolute atomic E-state index is 8.01. The van der Waals surface area contributed by atoms with Crippen LogP contribution in [0.15, 0.2) is 0 Å². The first-order valence-corrected chi connectivity index (χ1v) is 2.45. The van der Waals surface area contributed by atoms with Gasteiger partial charge in [-0.2, -0.15) is 0 Å². The van der Waals surface area contributed by atoms with Gasteiger partial charge in [-0.3, -0.25) is 0 Å². The smallest absolute Gasteiger partial charge is 0.107 e. The molecule has 0 fully saturated rings. The molecule has 0 aliphatic rings. The van der Waals surface area contributed by atoms with Crippen molar-refractivity contribution >= 4 is 0 Å². The zero-order chi connectivity index (χ0) is 5.70. The minimum Gasteiger partial charge on any atom is -0.462 e.